The van der Waals surface area contributed by atoms with Crippen molar-refractivity contribution in [2.24, 2.45) is 0 Å². The summed E-state index contributed by atoms with van der Waals surface area (Å²) in [4.78, 5) is 23.3. The van der Waals surface area contributed by atoms with E-state index >= 15 is 0 Å². The number of aliphatic carboxylic acids is 2. The molecule has 0 amide bonds. The number of fused-ring (bicyclic) bond motifs is 4. The average Bonchev–Trinajstić information content (AvgIpc) is 2.90. The fourth-order valence-corrected chi connectivity index (χ4v) is 4.61. The van der Waals surface area contributed by atoms with Crippen LogP contribution in [0, 0.1) is 0 Å². The van der Waals surface area contributed by atoms with Gasteiger partial charge in [-0.3, -0.25) is 4.98 Å². The first-order valence-corrected chi connectivity index (χ1v) is 13.4. The summed E-state index contributed by atoms with van der Waals surface area (Å²) in [6.45, 7) is 6.20. The van der Waals surface area contributed by atoms with Crippen LogP contribution in [0.5, 0.6) is 0 Å². The maximum absolute atomic E-state index is 9.26. The Labute approximate surface area is 232 Å². The van der Waals surface area contributed by atoms with E-state index < -0.39 is 11.9 Å². The van der Waals surface area contributed by atoms with Gasteiger partial charge in [-0.05, 0) is 25.0 Å². The van der Waals surface area contributed by atoms with E-state index in [2.05, 4.69) is 18.2 Å². The van der Waals surface area contributed by atoms with E-state index in [0.29, 0.717) is 37.3 Å². The van der Waals surface area contributed by atoms with E-state index in [0.717, 1.165) is 24.5 Å². The quantitative estimate of drug-likeness (QED) is 0.513. The van der Waals surface area contributed by atoms with E-state index in [9.17, 15) is 19.8 Å². The molecule has 9 nitrogen and oxygen atoms in total. The molecule has 37 heavy (non-hydrogen) atoms. The smallest absolute Gasteiger partial charge is 0.662 e. The monoisotopic (exact) mass is 554 g/mol. The van der Waals surface area contributed by atoms with Crippen molar-refractivity contribution in [3.63, 3.8) is 0 Å². The molecule has 4 atom stereocenters. The van der Waals surface area contributed by atoms with Gasteiger partial charge in [-0.25, -0.2) is 0 Å². The molecule has 1 radical (unpaired) electrons. The number of aromatic nitrogens is 1. The van der Waals surface area contributed by atoms with Crippen LogP contribution in [0.1, 0.15) is 89.4 Å². The molecule has 0 spiro atoms. The zero-order valence-electron chi connectivity index (χ0n) is 22.2. The summed E-state index contributed by atoms with van der Waals surface area (Å²) in [7, 11) is 0. The second-order valence-electron chi connectivity index (χ2n) is 9.40. The Kier molecular flexibility index (Phi) is 17.7. The molecule has 0 saturated heterocycles. The Morgan fingerprint density at radius 2 is 1.05 bits per heavy atom. The van der Waals surface area contributed by atoms with Gasteiger partial charge in [0.2, 0.25) is 0 Å². The summed E-state index contributed by atoms with van der Waals surface area (Å²) in [5.41, 5.74) is 2.14. The summed E-state index contributed by atoms with van der Waals surface area (Å²) in [5.74, 6) is -1.99. The second kappa shape index (κ2) is 19.5. The molecule has 0 aromatic carbocycles. The molecule has 0 N–H and O–H groups in total. The van der Waals surface area contributed by atoms with Crippen molar-refractivity contribution >= 4 is 11.9 Å². The normalized spacial score (nSPS) is 25.9. The number of nitrogens with zero attached hydrogens (tertiary/aromatic N) is 5. The third-order valence-corrected chi connectivity index (χ3v) is 6.63. The van der Waals surface area contributed by atoms with Gasteiger partial charge in [0.1, 0.15) is 0 Å². The molecular formula is C27H41MnN5O4-4. The first kappa shape index (κ1) is 33.5. The average molecular weight is 555 g/mol. The van der Waals surface area contributed by atoms with Gasteiger partial charge < -0.3 is 41.1 Å². The fourth-order valence-electron chi connectivity index (χ4n) is 4.61. The van der Waals surface area contributed by atoms with Crippen molar-refractivity contribution < 1.29 is 36.9 Å². The topological polar surface area (TPSA) is 150 Å². The number of rotatable bonds is 2. The van der Waals surface area contributed by atoms with Crippen molar-refractivity contribution in [2.45, 2.75) is 115 Å². The van der Waals surface area contributed by atoms with Crippen molar-refractivity contribution in [1.29, 1.82) is 0 Å². The van der Waals surface area contributed by atoms with Crippen LogP contribution in [0.15, 0.2) is 18.2 Å². The zero-order chi connectivity index (χ0) is 26.2. The van der Waals surface area contributed by atoms with Gasteiger partial charge >= 0.3 is 17.1 Å². The number of hydrogen-bond donors (Lipinski definition) is 0. The molecule has 1 aromatic rings. The fraction of sp³-hybridized carbons (Fsp3) is 0.741. The van der Waals surface area contributed by atoms with Gasteiger partial charge in [-0.15, -0.1) is 13.1 Å². The number of carbonyl (C=O) groups excluding carboxylic acids is 2. The maximum atomic E-state index is 9.26. The van der Waals surface area contributed by atoms with Crippen LogP contribution >= 0.6 is 0 Å². The molecule has 2 saturated carbocycles. The summed E-state index contributed by atoms with van der Waals surface area (Å²) in [6.07, 6.45) is 10.1. The van der Waals surface area contributed by atoms with E-state index in [1.54, 1.807) is 0 Å². The Bertz CT molecular complexity index is 726. The molecule has 209 valence electrons. The van der Waals surface area contributed by atoms with Crippen molar-refractivity contribution in [3.05, 3.63) is 50.9 Å². The van der Waals surface area contributed by atoms with Crippen LogP contribution in [0.2, 0.25) is 0 Å². The standard InChI is InChI=1S/C21H31N5.2C3H6O2.Mn/c1-3-10-20-18(8-1)22-12-13-23-19-9-2-4-11-21(19)25-15-17-7-5-6-16(26-17)14-24-20;2*1-2-3(4)5;/h5-7,18-21H,1-4,8-15H2;2*2H2,1H3,(H,4,5);/q-4;;;+2/p-2/t18-,19-,20-,21-;;;/m0.../s1. The van der Waals surface area contributed by atoms with Crippen LogP contribution in [-0.2, 0) is 39.7 Å². The third-order valence-electron chi connectivity index (χ3n) is 6.63. The third kappa shape index (κ3) is 13.7. The van der Waals surface area contributed by atoms with Crippen LogP contribution in [0.3, 0.4) is 0 Å². The summed E-state index contributed by atoms with van der Waals surface area (Å²) < 4.78 is 0. The Balaban J connectivity index is 0.000000534. The van der Waals surface area contributed by atoms with E-state index in [4.69, 9.17) is 26.3 Å². The zero-order valence-corrected chi connectivity index (χ0v) is 23.4. The number of carbonyl (C=O) groups is 2. The molecule has 2 aliphatic carbocycles. The van der Waals surface area contributed by atoms with E-state index in [1.807, 2.05) is 0 Å². The molecule has 1 aromatic heterocycles. The van der Waals surface area contributed by atoms with Gasteiger partial charge in [0.05, 0.1) is 0 Å². The van der Waals surface area contributed by atoms with E-state index in [-0.39, 0.29) is 29.9 Å². The maximum Gasteiger partial charge on any atom is 2.00 e. The largest absolute Gasteiger partial charge is 2.00 e. The van der Waals surface area contributed by atoms with Gasteiger partial charge in [0.25, 0.3) is 0 Å². The predicted molar refractivity (Wildman–Crippen MR) is 137 cm³/mol. The van der Waals surface area contributed by atoms with Gasteiger partial charge in [-0.2, -0.15) is 37.3 Å². The van der Waals surface area contributed by atoms with Gasteiger partial charge in [-0.1, -0.05) is 71.3 Å². The number of hydrogen-bond acceptors (Lipinski definition) is 5. The van der Waals surface area contributed by atoms with Gasteiger partial charge in [0.15, 0.2) is 0 Å². The van der Waals surface area contributed by atoms with Crippen LogP contribution < -0.4 is 10.2 Å². The van der Waals surface area contributed by atoms with Crippen LogP contribution in [0.25, 0.3) is 21.3 Å². The minimum atomic E-state index is -0.995. The van der Waals surface area contributed by atoms with Crippen molar-refractivity contribution in [2.75, 3.05) is 13.1 Å². The minimum Gasteiger partial charge on any atom is -0.662 e. The second-order valence-corrected chi connectivity index (χ2v) is 9.40. The van der Waals surface area contributed by atoms with E-state index in [1.165, 1.54) is 65.2 Å². The Hall–Kier alpha value is -1.55. The molecule has 10 heteroatoms. The van der Waals surface area contributed by atoms with Crippen molar-refractivity contribution in [3.8, 4) is 0 Å². The molecule has 2 fully saturated rings. The SMILES string of the molecule is CCC(=O)[O-].CCC(=O)[O-].[Mn+2].c1cc2nc(c1)C[N-][C@H]1CCCC[C@@H]1[N-]CC[N-][C@H]1CCCC[C@@H]1[N-]C2. The Morgan fingerprint density at radius 3 is 1.38 bits per heavy atom. The van der Waals surface area contributed by atoms with Crippen molar-refractivity contribution in [1.82, 2.24) is 4.98 Å². The molecule has 1 aliphatic heterocycles. The van der Waals surface area contributed by atoms with Crippen LogP contribution in [0.4, 0.5) is 0 Å². The molecule has 2 bridgehead atoms. The number of carboxylic acid groups (broad SMARTS) is 2. The number of pyridine rings is 1. The molecular weight excluding hydrogens is 513 g/mol. The molecule has 4 rings (SSSR count). The first-order chi connectivity index (χ1) is 17.4. The molecule has 3 aliphatic rings. The summed E-state index contributed by atoms with van der Waals surface area (Å²) in [5, 5.41) is 38.5. The van der Waals surface area contributed by atoms with Crippen LogP contribution in [-0.4, -0.2) is 54.2 Å². The predicted octanol–water partition coefficient (Wildman–Crippen LogP) is 3.50. The van der Waals surface area contributed by atoms with Gasteiger partial charge in [0, 0.05) is 23.3 Å². The minimum absolute atomic E-state index is 0. The number of carboxylic acids is 2. The summed E-state index contributed by atoms with van der Waals surface area (Å²) in [6, 6.07) is 7.81. The molecule has 0 unspecified atom stereocenters. The summed E-state index contributed by atoms with van der Waals surface area (Å²) >= 11 is 0. The Morgan fingerprint density at radius 1 is 0.730 bits per heavy atom. The molecule has 2 heterocycles. The first-order valence-electron chi connectivity index (χ1n) is 13.4.